The van der Waals surface area contributed by atoms with Gasteiger partial charge >= 0.3 is 0 Å². The fraction of sp³-hybridized carbons (Fsp3) is 0.667. The van der Waals surface area contributed by atoms with Crippen molar-refractivity contribution in [2.24, 2.45) is 0 Å². The predicted octanol–water partition coefficient (Wildman–Crippen LogP) is 2.22. The molecule has 0 aromatic heterocycles. The molecule has 11 heavy (non-hydrogen) atoms. The van der Waals surface area contributed by atoms with Crippen LogP contribution in [-0.2, 0) is 4.79 Å². The van der Waals surface area contributed by atoms with Crippen molar-refractivity contribution in [2.75, 3.05) is 0 Å². The van der Waals surface area contributed by atoms with Crippen molar-refractivity contribution in [3.05, 3.63) is 11.8 Å². The van der Waals surface area contributed by atoms with E-state index in [1.165, 1.54) is 6.92 Å². The Hall–Kier alpha value is -0.790. The lowest BCUT2D eigenvalue weighted by molar-refractivity contribution is -0.118. The number of carbonyl (C=O) groups is 1. The van der Waals surface area contributed by atoms with E-state index in [0.717, 1.165) is 25.0 Å². The lowest BCUT2D eigenvalue weighted by Gasteiger charge is -2.03. The number of carbonyl (C=O) groups excluding carboxylic acids is 1. The molecule has 0 aromatic rings. The van der Waals surface area contributed by atoms with E-state index in [1.54, 1.807) is 0 Å². The van der Waals surface area contributed by atoms with Crippen LogP contribution in [0.15, 0.2) is 11.8 Å². The number of amides is 1. The van der Waals surface area contributed by atoms with Gasteiger partial charge in [-0.15, -0.1) is 0 Å². The van der Waals surface area contributed by atoms with Crippen LogP contribution in [0, 0.1) is 0 Å². The number of hydrogen-bond donors (Lipinski definition) is 1. The maximum absolute atomic E-state index is 10.6. The summed E-state index contributed by atoms with van der Waals surface area (Å²) in [7, 11) is 0. The molecule has 0 spiro atoms. The molecule has 0 fully saturated rings. The molecule has 1 N–H and O–H groups in total. The molecule has 2 heteroatoms. The van der Waals surface area contributed by atoms with E-state index in [0.29, 0.717) is 0 Å². The minimum absolute atomic E-state index is 0.0224. The molecular formula is C9H17NO. The van der Waals surface area contributed by atoms with Crippen LogP contribution >= 0.6 is 0 Å². The van der Waals surface area contributed by atoms with E-state index < -0.39 is 0 Å². The van der Waals surface area contributed by atoms with Crippen LogP contribution in [-0.4, -0.2) is 5.91 Å². The van der Waals surface area contributed by atoms with Gasteiger partial charge in [0.15, 0.2) is 0 Å². The van der Waals surface area contributed by atoms with Gasteiger partial charge in [-0.1, -0.05) is 26.3 Å². The fourth-order valence-corrected chi connectivity index (χ4v) is 0.828. The molecule has 0 saturated carbocycles. The second-order valence-corrected chi connectivity index (χ2v) is 2.55. The first kappa shape index (κ1) is 10.2. The van der Waals surface area contributed by atoms with E-state index in [-0.39, 0.29) is 5.91 Å². The van der Waals surface area contributed by atoms with E-state index in [2.05, 4.69) is 18.3 Å². The molecule has 0 unspecified atom stereocenters. The molecule has 0 rings (SSSR count). The van der Waals surface area contributed by atoms with Gasteiger partial charge in [-0.05, 0) is 12.8 Å². The monoisotopic (exact) mass is 155 g/mol. The summed E-state index contributed by atoms with van der Waals surface area (Å²) in [5.74, 6) is 0.0224. The van der Waals surface area contributed by atoms with Crippen molar-refractivity contribution in [1.82, 2.24) is 5.32 Å². The molecule has 0 heterocycles. The average molecular weight is 155 g/mol. The molecule has 0 aliphatic rings. The van der Waals surface area contributed by atoms with Crippen LogP contribution < -0.4 is 5.32 Å². The van der Waals surface area contributed by atoms with Crippen LogP contribution in [0.25, 0.3) is 0 Å². The van der Waals surface area contributed by atoms with E-state index in [1.807, 2.05) is 6.92 Å². The normalized spacial score (nSPS) is 11.4. The van der Waals surface area contributed by atoms with Crippen molar-refractivity contribution in [3.63, 3.8) is 0 Å². The van der Waals surface area contributed by atoms with Gasteiger partial charge in [0.2, 0.25) is 5.91 Å². The van der Waals surface area contributed by atoms with E-state index in [9.17, 15) is 4.79 Å². The highest BCUT2D eigenvalue weighted by Gasteiger charge is 1.94. The molecule has 64 valence electrons. The second-order valence-electron chi connectivity index (χ2n) is 2.55. The minimum Gasteiger partial charge on any atom is -0.330 e. The lowest BCUT2D eigenvalue weighted by atomic mass is 10.2. The molecule has 0 aliphatic carbocycles. The number of rotatable bonds is 4. The summed E-state index contributed by atoms with van der Waals surface area (Å²) in [6.07, 6.45) is 5.16. The van der Waals surface area contributed by atoms with Crippen molar-refractivity contribution in [3.8, 4) is 0 Å². The molecule has 2 nitrogen and oxygen atoms in total. The molecular weight excluding hydrogens is 138 g/mol. The van der Waals surface area contributed by atoms with Gasteiger partial charge < -0.3 is 5.32 Å². The first-order valence-corrected chi connectivity index (χ1v) is 4.17. The summed E-state index contributed by atoms with van der Waals surface area (Å²) in [4.78, 5) is 10.6. The van der Waals surface area contributed by atoms with Gasteiger partial charge in [0.25, 0.3) is 0 Å². The molecule has 0 radical (unpaired) electrons. The Labute approximate surface area is 68.7 Å². The van der Waals surface area contributed by atoms with Gasteiger partial charge in [-0.3, -0.25) is 4.79 Å². The van der Waals surface area contributed by atoms with Gasteiger partial charge in [0, 0.05) is 12.6 Å². The van der Waals surface area contributed by atoms with Gasteiger partial charge in [-0.2, -0.15) is 0 Å². The van der Waals surface area contributed by atoms with Crippen LogP contribution in [0.2, 0.25) is 0 Å². The Morgan fingerprint density at radius 2 is 2.09 bits per heavy atom. The quantitative estimate of drug-likeness (QED) is 0.662. The van der Waals surface area contributed by atoms with Crippen LogP contribution in [0.3, 0.4) is 0 Å². The summed E-state index contributed by atoms with van der Waals surface area (Å²) in [5.41, 5.74) is 1.04. The zero-order valence-corrected chi connectivity index (χ0v) is 7.61. The maximum Gasteiger partial charge on any atom is 0.220 e. The summed E-state index contributed by atoms with van der Waals surface area (Å²) in [6, 6.07) is 0. The van der Waals surface area contributed by atoms with Crippen LogP contribution in [0.1, 0.15) is 40.0 Å². The highest BCUT2D eigenvalue weighted by atomic mass is 16.1. The molecule has 1 amide bonds. The smallest absolute Gasteiger partial charge is 0.220 e. The van der Waals surface area contributed by atoms with Crippen molar-refractivity contribution in [1.29, 1.82) is 0 Å². The molecule has 0 saturated heterocycles. The highest BCUT2D eigenvalue weighted by molar-refractivity contribution is 5.74. The van der Waals surface area contributed by atoms with Crippen LogP contribution in [0.5, 0.6) is 0 Å². The Morgan fingerprint density at radius 1 is 1.45 bits per heavy atom. The summed E-state index contributed by atoms with van der Waals surface area (Å²) >= 11 is 0. The van der Waals surface area contributed by atoms with Gasteiger partial charge in [0.1, 0.15) is 0 Å². The molecule has 0 atom stereocenters. The van der Waals surface area contributed by atoms with E-state index >= 15 is 0 Å². The minimum atomic E-state index is 0.0224. The first-order chi connectivity index (χ1) is 5.20. The Morgan fingerprint density at radius 3 is 2.45 bits per heavy atom. The zero-order chi connectivity index (χ0) is 8.69. The highest BCUT2D eigenvalue weighted by Crippen LogP contribution is 1.99. The maximum atomic E-state index is 10.6. The lowest BCUT2D eigenvalue weighted by Crippen LogP contribution is -2.18. The number of nitrogens with one attached hydrogen (secondary N) is 1. The Kier molecular flexibility index (Phi) is 5.53. The van der Waals surface area contributed by atoms with E-state index in [4.69, 9.17) is 0 Å². The second kappa shape index (κ2) is 5.96. The van der Waals surface area contributed by atoms with Crippen molar-refractivity contribution >= 4 is 5.91 Å². The van der Waals surface area contributed by atoms with Gasteiger partial charge in [-0.25, -0.2) is 0 Å². The molecule has 0 aliphatic heterocycles. The Balaban J connectivity index is 3.83. The topological polar surface area (TPSA) is 29.1 Å². The van der Waals surface area contributed by atoms with Crippen molar-refractivity contribution in [2.45, 2.75) is 40.0 Å². The molecule has 0 bridgehead atoms. The summed E-state index contributed by atoms with van der Waals surface area (Å²) in [6.45, 7) is 5.70. The predicted molar refractivity (Wildman–Crippen MR) is 47.1 cm³/mol. The fourth-order valence-electron chi connectivity index (χ4n) is 0.828. The molecule has 0 aromatic carbocycles. The summed E-state index contributed by atoms with van der Waals surface area (Å²) in [5, 5.41) is 2.79. The largest absolute Gasteiger partial charge is 0.330 e. The Bertz CT molecular complexity index is 150. The third-order valence-electron chi connectivity index (χ3n) is 1.40. The standard InChI is InChI=1S/C9H17NO/c1-4-6-7-9(5-2)10-8(3)11/h7H,4-6H2,1-3H3,(H,10,11)/b9-7+. The third kappa shape index (κ3) is 5.64. The summed E-state index contributed by atoms with van der Waals surface area (Å²) < 4.78 is 0. The number of hydrogen-bond acceptors (Lipinski definition) is 1. The zero-order valence-electron chi connectivity index (χ0n) is 7.61. The van der Waals surface area contributed by atoms with Crippen LogP contribution in [0.4, 0.5) is 0 Å². The average Bonchev–Trinajstić information content (AvgIpc) is 1.97. The SMILES string of the molecule is CCC/C=C(\CC)NC(C)=O. The third-order valence-corrected chi connectivity index (χ3v) is 1.40. The van der Waals surface area contributed by atoms with Crippen molar-refractivity contribution < 1.29 is 4.79 Å². The first-order valence-electron chi connectivity index (χ1n) is 4.17. The number of unbranched alkanes of at least 4 members (excludes halogenated alkanes) is 1. The number of allylic oxidation sites excluding steroid dienone is 2. The van der Waals surface area contributed by atoms with Gasteiger partial charge in [0.05, 0.1) is 0 Å².